The van der Waals surface area contributed by atoms with E-state index in [9.17, 15) is 0 Å². The average Bonchev–Trinajstić information content (AvgIpc) is 2.42. The highest BCUT2D eigenvalue weighted by molar-refractivity contribution is 5.31. The summed E-state index contributed by atoms with van der Waals surface area (Å²) in [4.78, 5) is 0. The van der Waals surface area contributed by atoms with E-state index in [0.717, 1.165) is 12.4 Å². The van der Waals surface area contributed by atoms with E-state index in [4.69, 9.17) is 4.74 Å². The first-order valence-corrected chi connectivity index (χ1v) is 7.53. The summed E-state index contributed by atoms with van der Waals surface area (Å²) in [5.41, 5.74) is 1.23. The van der Waals surface area contributed by atoms with Gasteiger partial charge in [-0.05, 0) is 25.0 Å². The molecular formula is C17H30O. The lowest BCUT2D eigenvalue weighted by molar-refractivity contribution is 0.302. The Hall–Kier alpha value is -0.980. The van der Waals surface area contributed by atoms with Gasteiger partial charge in [0.15, 0.2) is 0 Å². The van der Waals surface area contributed by atoms with Crippen LogP contribution in [-0.2, 0) is 0 Å². The van der Waals surface area contributed by atoms with Crippen LogP contribution >= 0.6 is 0 Å². The molecule has 104 valence electrons. The Morgan fingerprint density at radius 1 is 0.889 bits per heavy atom. The van der Waals surface area contributed by atoms with Gasteiger partial charge in [-0.1, -0.05) is 71.1 Å². The fraction of sp³-hybridized carbons (Fsp3) is 0.647. The third-order valence-corrected chi connectivity index (χ3v) is 2.85. The molecule has 0 saturated carbocycles. The lowest BCUT2D eigenvalue weighted by atomic mass is 10.1. The molecule has 0 amide bonds. The molecule has 0 atom stereocenters. The van der Waals surface area contributed by atoms with E-state index in [-0.39, 0.29) is 0 Å². The summed E-state index contributed by atoms with van der Waals surface area (Å²) in [6.07, 6.45) is 7.90. The molecule has 0 aliphatic carbocycles. The van der Waals surface area contributed by atoms with E-state index in [2.05, 4.69) is 19.9 Å². The van der Waals surface area contributed by atoms with E-state index < -0.39 is 0 Å². The van der Waals surface area contributed by atoms with Crippen molar-refractivity contribution in [2.75, 3.05) is 6.61 Å². The van der Waals surface area contributed by atoms with Crippen LogP contribution in [-0.4, -0.2) is 6.61 Å². The van der Waals surface area contributed by atoms with Gasteiger partial charge in [0.25, 0.3) is 0 Å². The van der Waals surface area contributed by atoms with E-state index in [1.807, 2.05) is 32.0 Å². The highest BCUT2D eigenvalue weighted by atomic mass is 16.5. The van der Waals surface area contributed by atoms with Gasteiger partial charge in [-0.3, -0.25) is 0 Å². The van der Waals surface area contributed by atoms with Crippen LogP contribution in [0.1, 0.15) is 64.9 Å². The van der Waals surface area contributed by atoms with Crippen LogP contribution in [0.2, 0.25) is 0 Å². The molecule has 0 saturated heterocycles. The maximum absolute atomic E-state index is 5.74. The Labute approximate surface area is 114 Å². The number of para-hydroxylation sites is 1. The van der Waals surface area contributed by atoms with Gasteiger partial charge in [-0.15, -0.1) is 0 Å². The lowest BCUT2D eigenvalue weighted by Crippen LogP contribution is -1.98. The van der Waals surface area contributed by atoms with Crippen LogP contribution in [0.3, 0.4) is 0 Å². The van der Waals surface area contributed by atoms with Crippen LogP contribution in [0.4, 0.5) is 0 Å². The van der Waals surface area contributed by atoms with E-state index in [1.165, 1.54) is 44.1 Å². The van der Waals surface area contributed by atoms with Crippen molar-refractivity contribution in [3.63, 3.8) is 0 Å². The minimum atomic E-state index is 0.858. The zero-order valence-electron chi connectivity index (χ0n) is 12.7. The van der Waals surface area contributed by atoms with Crippen molar-refractivity contribution in [2.45, 2.75) is 66.2 Å². The second-order valence-corrected chi connectivity index (χ2v) is 4.38. The fourth-order valence-corrected chi connectivity index (χ4v) is 1.78. The van der Waals surface area contributed by atoms with Gasteiger partial charge in [0.1, 0.15) is 5.75 Å². The second kappa shape index (κ2) is 12.5. The number of ether oxygens (including phenoxy) is 1. The molecule has 0 bridgehead atoms. The lowest BCUT2D eigenvalue weighted by Gasteiger charge is -2.08. The van der Waals surface area contributed by atoms with E-state index in [0.29, 0.717) is 0 Å². The maximum atomic E-state index is 5.74. The number of rotatable bonds is 8. The fourth-order valence-electron chi connectivity index (χ4n) is 1.78. The van der Waals surface area contributed by atoms with Gasteiger partial charge in [-0.25, -0.2) is 0 Å². The zero-order valence-corrected chi connectivity index (χ0v) is 12.7. The van der Waals surface area contributed by atoms with Gasteiger partial charge in [-0.2, -0.15) is 0 Å². The van der Waals surface area contributed by atoms with Crippen molar-refractivity contribution < 1.29 is 4.74 Å². The van der Waals surface area contributed by atoms with Crippen LogP contribution in [0.25, 0.3) is 0 Å². The monoisotopic (exact) mass is 250 g/mol. The predicted molar refractivity (Wildman–Crippen MR) is 81.4 cm³/mol. The van der Waals surface area contributed by atoms with E-state index >= 15 is 0 Å². The topological polar surface area (TPSA) is 9.23 Å². The van der Waals surface area contributed by atoms with E-state index in [1.54, 1.807) is 0 Å². The second-order valence-electron chi connectivity index (χ2n) is 4.38. The molecule has 0 spiro atoms. The first kappa shape index (κ1) is 17.0. The molecule has 1 aromatic rings. The van der Waals surface area contributed by atoms with Gasteiger partial charge in [0.2, 0.25) is 0 Å². The molecule has 0 aliphatic heterocycles. The smallest absolute Gasteiger partial charge is 0.122 e. The molecule has 0 radical (unpaired) electrons. The minimum absolute atomic E-state index is 0.858. The summed E-state index contributed by atoms with van der Waals surface area (Å²) in [5, 5.41) is 0. The van der Waals surface area contributed by atoms with Gasteiger partial charge >= 0.3 is 0 Å². The van der Waals surface area contributed by atoms with Crippen molar-refractivity contribution in [3.05, 3.63) is 29.8 Å². The molecule has 18 heavy (non-hydrogen) atoms. The zero-order chi connectivity index (χ0) is 13.6. The standard InChI is InChI=1S/C15H24O.C2H6/c1-3-4-5-6-7-10-13-16-15-12-9-8-11-14(15)2;1-2/h8-9,11-12H,3-7,10,13H2,1-2H3;1-2H3. The third kappa shape index (κ3) is 8.16. The van der Waals surface area contributed by atoms with Gasteiger partial charge in [0.05, 0.1) is 6.61 Å². The molecule has 0 heterocycles. The van der Waals surface area contributed by atoms with Crippen LogP contribution in [0, 0.1) is 6.92 Å². The highest BCUT2D eigenvalue weighted by Crippen LogP contribution is 2.16. The van der Waals surface area contributed by atoms with Crippen LogP contribution in [0.15, 0.2) is 24.3 Å². The predicted octanol–water partition coefficient (Wildman–Crippen LogP) is 5.76. The van der Waals surface area contributed by atoms with Crippen molar-refractivity contribution >= 4 is 0 Å². The molecule has 1 nitrogen and oxygen atoms in total. The Kier molecular flexibility index (Phi) is 11.8. The Balaban J connectivity index is 0.00000137. The number of hydrogen-bond donors (Lipinski definition) is 0. The highest BCUT2D eigenvalue weighted by Gasteiger charge is 1.96. The average molecular weight is 250 g/mol. The number of hydrogen-bond acceptors (Lipinski definition) is 1. The van der Waals surface area contributed by atoms with Crippen molar-refractivity contribution in [1.82, 2.24) is 0 Å². The Bertz CT molecular complexity index is 281. The summed E-state index contributed by atoms with van der Waals surface area (Å²) < 4.78 is 5.74. The van der Waals surface area contributed by atoms with Crippen LogP contribution in [0.5, 0.6) is 5.75 Å². The summed E-state index contributed by atoms with van der Waals surface area (Å²) >= 11 is 0. The van der Waals surface area contributed by atoms with Gasteiger partial charge < -0.3 is 4.74 Å². The number of aryl methyl sites for hydroxylation is 1. The summed E-state index contributed by atoms with van der Waals surface area (Å²) in [5.74, 6) is 1.04. The molecular weight excluding hydrogens is 220 g/mol. The van der Waals surface area contributed by atoms with Crippen LogP contribution < -0.4 is 4.74 Å². The maximum Gasteiger partial charge on any atom is 0.122 e. The Morgan fingerprint density at radius 2 is 1.50 bits per heavy atom. The molecule has 1 rings (SSSR count). The van der Waals surface area contributed by atoms with Crippen molar-refractivity contribution in [3.8, 4) is 5.75 Å². The largest absolute Gasteiger partial charge is 0.493 e. The minimum Gasteiger partial charge on any atom is -0.493 e. The number of unbranched alkanes of at least 4 members (excludes halogenated alkanes) is 5. The molecule has 0 fully saturated rings. The summed E-state index contributed by atoms with van der Waals surface area (Å²) in [6.45, 7) is 9.20. The first-order valence-electron chi connectivity index (χ1n) is 7.53. The SMILES string of the molecule is CC.CCCCCCCCOc1ccccc1C. The molecule has 0 N–H and O–H groups in total. The third-order valence-electron chi connectivity index (χ3n) is 2.85. The normalized spacial score (nSPS) is 9.56. The molecule has 1 heteroatoms. The number of benzene rings is 1. The summed E-state index contributed by atoms with van der Waals surface area (Å²) in [7, 11) is 0. The van der Waals surface area contributed by atoms with Crippen molar-refractivity contribution in [2.24, 2.45) is 0 Å². The quantitative estimate of drug-likeness (QED) is 0.533. The molecule has 1 aromatic carbocycles. The Morgan fingerprint density at radius 3 is 2.17 bits per heavy atom. The van der Waals surface area contributed by atoms with Crippen molar-refractivity contribution in [1.29, 1.82) is 0 Å². The van der Waals surface area contributed by atoms with Gasteiger partial charge in [0, 0.05) is 0 Å². The summed E-state index contributed by atoms with van der Waals surface area (Å²) in [6, 6.07) is 8.22. The first-order chi connectivity index (χ1) is 8.84. The molecule has 0 unspecified atom stereocenters. The molecule has 0 aliphatic rings. The molecule has 0 aromatic heterocycles.